The quantitative estimate of drug-likeness (QED) is 0.619. The van der Waals surface area contributed by atoms with Gasteiger partial charge in [0, 0.05) is 5.41 Å². The van der Waals surface area contributed by atoms with Gasteiger partial charge in [-0.15, -0.1) is 0 Å². The lowest BCUT2D eigenvalue weighted by Gasteiger charge is -2.12. The lowest BCUT2D eigenvalue weighted by atomic mass is 9.93. The van der Waals surface area contributed by atoms with Crippen LogP contribution in [-0.2, 0) is 0 Å². The Kier molecular flexibility index (Phi) is 1.88. The van der Waals surface area contributed by atoms with Gasteiger partial charge in [0.1, 0.15) is 0 Å². The third-order valence-corrected chi connectivity index (χ3v) is 2.22. The van der Waals surface area contributed by atoms with Crippen LogP contribution in [0.1, 0.15) is 13.8 Å². The molecular formula is C11H12N2O. The fraction of sp³-hybridized carbons (Fsp3) is 0.273. The molecule has 1 aromatic rings. The fourth-order valence-electron chi connectivity index (χ4n) is 1.49. The number of allylic oxidation sites excluding steroid dienone is 2. The molecule has 1 N–H and O–H groups in total. The minimum absolute atomic E-state index is 0.0530. The third kappa shape index (κ3) is 1.53. The summed E-state index contributed by atoms with van der Waals surface area (Å²) in [5, 5.41) is 1.39. The van der Waals surface area contributed by atoms with Gasteiger partial charge in [-0.25, -0.2) is 4.98 Å². The molecule has 0 amide bonds. The van der Waals surface area contributed by atoms with Crippen molar-refractivity contribution in [3.05, 3.63) is 39.4 Å². The lowest BCUT2D eigenvalue weighted by molar-refractivity contribution is 0.668. The summed E-state index contributed by atoms with van der Waals surface area (Å²) in [5.41, 5.74) is -0.142. The summed E-state index contributed by atoms with van der Waals surface area (Å²) >= 11 is 0. The number of hydrogen-bond acceptors (Lipinski definition) is 2. The zero-order valence-electron chi connectivity index (χ0n) is 8.24. The summed E-state index contributed by atoms with van der Waals surface area (Å²) in [7, 11) is 0. The summed E-state index contributed by atoms with van der Waals surface area (Å²) in [5.74, 6) is 0. The zero-order valence-corrected chi connectivity index (χ0v) is 8.24. The minimum Gasteiger partial charge on any atom is -0.313 e. The van der Waals surface area contributed by atoms with E-state index in [2.05, 4.69) is 23.8 Å². The number of hydrogen-bond donors (Lipinski definition) is 1. The molecular weight excluding hydrogens is 176 g/mol. The van der Waals surface area contributed by atoms with Gasteiger partial charge in [0.25, 0.3) is 5.56 Å². The van der Waals surface area contributed by atoms with Crippen LogP contribution in [0.15, 0.2) is 23.3 Å². The summed E-state index contributed by atoms with van der Waals surface area (Å²) < 4.78 is 0. The monoisotopic (exact) mass is 188 g/mol. The molecule has 0 bridgehead atoms. The van der Waals surface area contributed by atoms with Crippen molar-refractivity contribution >= 4 is 12.2 Å². The van der Waals surface area contributed by atoms with Crippen molar-refractivity contribution in [2.45, 2.75) is 13.8 Å². The van der Waals surface area contributed by atoms with Crippen molar-refractivity contribution in [3.8, 4) is 0 Å². The molecule has 1 aliphatic carbocycles. The molecule has 0 saturated heterocycles. The number of H-pyrrole nitrogens is 1. The average Bonchev–Trinajstić information content (AvgIpc) is 2.23. The summed E-state index contributed by atoms with van der Waals surface area (Å²) in [6, 6.07) is 0. The Morgan fingerprint density at radius 3 is 3.00 bits per heavy atom. The molecule has 1 aliphatic rings. The molecule has 72 valence electrons. The highest BCUT2D eigenvalue weighted by atomic mass is 16.1. The number of fused-ring (bicyclic) bond motifs is 1. The predicted octanol–water partition coefficient (Wildman–Crippen LogP) is -0.0731. The highest BCUT2D eigenvalue weighted by molar-refractivity contribution is 5.46. The minimum atomic E-state index is -0.0893. The second kappa shape index (κ2) is 2.94. The molecule has 3 heteroatoms. The Bertz CT molecular complexity index is 549. The van der Waals surface area contributed by atoms with Gasteiger partial charge in [0.05, 0.1) is 16.9 Å². The zero-order chi connectivity index (χ0) is 10.2. The number of rotatable bonds is 0. The summed E-state index contributed by atoms with van der Waals surface area (Å²) in [4.78, 5) is 18.2. The maximum absolute atomic E-state index is 11.4. The molecule has 0 saturated carbocycles. The molecule has 2 rings (SSSR count). The Balaban J connectivity index is 2.90. The first-order valence-electron chi connectivity index (χ1n) is 4.55. The van der Waals surface area contributed by atoms with Crippen molar-refractivity contribution in [1.82, 2.24) is 9.97 Å². The van der Waals surface area contributed by atoms with Crippen LogP contribution in [0.4, 0.5) is 0 Å². The first-order valence-corrected chi connectivity index (χ1v) is 4.55. The van der Waals surface area contributed by atoms with Gasteiger partial charge in [-0.1, -0.05) is 26.0 Å². The van der Waals surface area contributed by atoms with Gasteiger partial charge < -0.3 is 4.98 Å². The molecule has 0 unspecified atom stereocenters. The van der Waals surface area contributed by atoms with E-state index in [0.29, 0.717) is 5.22 Å². The van der Waals surface area contributed by atoms with E-state index in [1.165, 1.54) is 6.33 Å². The van der Waals surface area contributed by atoms with Crippen LogP contribution in [-0.4, -0.2) is 9.97 Å². The predicted molar refractivity (Wildman–Crippen MR) is 56.0 cm³/mol. The molecule has 0 spiro atoms. The van der Waals surface area contributed by atoms with Crippen molar-refractivity contribution in [2.24, 2.45) is 5.41 Å². The van der Waals surface area contributed by atoms with Crippen molar-refractivity contribution in [3.63, 3.8) is 0 Å². The topological polar surface area (TPSA) is 45.8 Å². The maximum Gasteiger partial charge on any atom is 0.258 e. The summed E-state index contributed by atoms with van der Waals surface area (Å²) in [6.07, 6.45) is 9.18. The number of nitrogens with one attached hydrogen (secondary N) is 1. The van der Waals surface area contributed by atoms with Crippen molar-refractivity contribution < 1.29 is 0 Å². The van der Waals surface area contributed by atoms with Crippen LogP contribution in [0.2, 0.25) is 0 Å². The molecule has 0 aromatic carbocycles. The molecule has 14 heavy (non-hydrogen) atoms. The molecule has 1 heterocycles. The van der Waals surface area contributed by atoms with Gasteiger partial charge in [0.15, 0.2) is 0 Å². The number of aromatic amines is 1. The molecule has 3 nitrogen and oxygen atoms in total. The standard InChI is InChI=1S/C11H12N2O/c1-11(2)5-3-4-8-9(6-11)12-7-13-10(8)14/h3-7H,1-2H3,(H,12,13,14). The number of aromatic nitrogens is 2. The SMILES string of the molecule is CC1(C)C=CC=c2c(nc[nH]c2=O)=C1. The van der Waals surface area contributed by atoms with Gasteiger partial charge >= 0.3 is 0 Å². The van der Waals surface area contributed by atoms with E-state index < -0.39 is 0 Å². The largest absolute Gasteiger partial charge is 0.313 e. The fourth-order valence-corrected chi connectivity index (χ4v) is 1.49. The first kappa shape index (κ1) is 8.94. The smallest absolute Gasteiger partial charge is 0.258 e. The van der Waals surface area contributed by atoms with E-state index >= 15 is 0 Å². The van der Waals surface area contributed by atoms with Crippen LogP contribution in [0.5, 0.6) is 0 Å². The number of nitrogens with zero attached hydrogens (tertiary/aromatic N) is 1. The van der Waals surface area contributed by atoms with Crippen LogP contribution in [0.3, 0.4) is 0 Å². The van der Waals surface area contributed by atoms with E-state index in [0.717, 1.165) is 5.35 Å². The van der Waals surface area contributed by atoms with Crippen LogP contribution in [0.25, 0.3) is 12.2 Å². The molecule has 0 aliphatic heterocycles. The summed E-state index contributed by atoms with van der Waals surface area (Å²) in [6.45, 7) is 4.16. The van der Waals surface area contributed by atoms with Crippen molar-refractivity contribution in [1.29, 1.82) is 0 Å². The van der Waals surface area contributed by atoms with E-state index in [-0.39, 0.29) is 11.0 Å². The normalized spacial score (nSPS) is 17.6. The molecule has 0 radical (unpaired) electrons. The van der Waals surface area contributed by atoms with Crippen molar-refractivity contribution in [2.75, 3.05) is 0 Å². The van der Waals surface area contributed by atoms with E-state index in [1.54, 1.807) is 6.08 Å². The molecule has 1 aromatic heterocycles. The van der Waals surface area contributed by atoms with Gasteiger partial charge in [-0.2, -0.15) is 0 Å². The third-order valence-electron chi connectivity index (χ3n) is 2.22. The van der Waals surface area contributed by atoms with E-state index in [9.17, 15) is 4.79 Å². The second-order valence-corrected chi connectivity index (χ2v) is 4.02. The average molecular weight is 188 g/mol. The van der Waals surface area contributed by atoms with Crippen LogP contribution >= 0.6 is 0 Å². The van der Waals surface area contributed by atoms with Gasteiger partial charge in [-0.05, 0) is 12.2 Å². The lowest BCUT2D eigenvalue weighted by Crippen LogP contribution is -2.42. The van der Waals surface area contributed by atoms with Crippen LogP contribution in [0, 0.1) is 5.41 Å². The Labute approximate surface area is 81.5 Å². The van der Waals surface area contributed by atoms with Gasteiger partial charge in [-0.3, -0.25) is 4.79 Å². The van der Waals surface area contributed by atoms with E-state index in [4.69, 9.17) is 0 Å². The Hall–Kier alpha value is -1.64. The maximum atomic E-state index is 11.4. The van der Waals surface area contributed by atoms with Crippen LogP contribution < -0.4 is 16.1 Å². The Morgan fingerprint density at radius 2 is 2.21 bits per heavy atom. The highest BCUT2D eigenvalue weighted by Crippen LogP contribution is 2.18. The molecule has 0 fully saturated rings. The second-order valence-electron chi connectivity index (χ2n) is 4.02. The first-order chi connectivity index (χ1) is 6.58. The Morgan fingerprint density at radius 1 is 1.43 bits per heavy atom. The molecule has 0 atom stereocenters. The van der Waals surface area contributed by atoms with Gasteiger partial charge in [0.2, 0.25) is 0 Å². The van der Waals surface area contributed by atoms with E-state index in [1.807, 2.05) is 18.2 Å². The highest BCUT2D eigenvalue weighted by Gasteiger charge is 2.11.